The van der Waals surface area contributed by atoms with Crippen molar-refractivity contribution in [2.45, 2.75) is 44.0 Å². The summed E-state index contributed by atoms with van der Waals surface area (Å²) >= 11 is 6.22. The summed E-state index contributed by atoms with van der Waals surface area (Å²) in [5, 5.41) is 15.7. The molecule has 3 N–H and O–H groups in total. The molecule has 1 aliphatic carbocycles. The number of carbonyl (C=O) groups excluding carboxylic acids is 2. The maximum Gasteiger partial charge on any atom is 0.316 e. The van der Waals surface area contributed by atoms with Gasteiger partial charge in [0.25, 0.3) is 0 Å². The van der Waals surface area contributed by atoms with E-state index in [1.54, 1.807) is 0 Å². The van der Waals surface area contributed by atoms with Gasteiger partial charge in [0.2, 0.25) is 11.8 Å². The van der Waals surface area contributed by atoms with Gasteiger partial charge >= 0.3 is 5.97 Å². The van der Waals surface area contributed by atoms with Crippen LogP contribution in [0.25, 0.3) is 0 Å². The molecule has 0 aromatic rings. The summed E-state index contributed by atoms with van der Waals surface area (Å²) in [6.45, 7) is 6.47. The van der Waals surface area contributed by atoms with Gasteiger partial charge in [-0.3, -0.25) is 14.4 Å². The normalized spacial score (nSPS) is 27.1. The van der Waals surface area contributed by atoms with Crippen LogP contribution in [0.15, 0.2) is 18.6 Å². The third kappa shape index (κ3) is 3.48. The zero-order chi connectivity index (χ0) is 18.9. The minimum atomic E-state index is -1.24. The highest BCUT2D eigenvalue weighted by Gasteiger charge is 2.61. The number of alkyl halides is 1. The molecule has 0 radical (unpaired) electrons. The van der Waals surface area contributed by atoms with E-state index in [0.717, 1.165) is 0 Å². The molecular formula is C15H19I3N2O4. The highest BCUT2D eigenvalue weighted by molar-refractivity contribution is 14.1. The molecule has 0 heterocycles. The van der Waals surface area contributed by atoms with E-state index in [9.17, 15) is 19.5 Å². The number of allylic oxidation sites excluding steroid dienone is 2. The summed E-state index contributed by atoms with van der Waals surface area (Å²) < 4.78 is 0.385. The summed E-state index contributed by atoms with van der Waals surface area (Å²) in [4.78, 5) is 35.7. The van der Waals surface area contributed by atoms with Crippen molar-refractivity contribution in [1.82, 2.24) is 10.6 Å². The van der Waals surface area contributed by atoms with Gasteiger partial charge in [-0.25, -0.2) is 0 Å². The van der Waals surface area contributed by atoms with Crippen LogP contribution in [0.1, 0.15) is 40.5 Å². The summed E-state index contributed by atoms with van der Waals surface area (Å²) in [7, 11) is 0. The van der Waals surface area contributed by atoms with E-state index < -0.39 is 14.8 Å². The number of nitrogens with one attached hydrogen (secondary N) is 2. The summed E-state index contributed by atoms with van der Waals surface area (Å²) in [6, 6.07) is 0. The van der Waals surface area contributed by atoms with Crippen molar-refractivity contribution in [3.05, 3.63) is 18.6 Å². The number of hydrogen-bond acceptors (Lipinski definition) is 3. The van der Waals surface area contributed by atoms with Gasteiger partial charge in [0.05, 0.1) is 18.4 Å². The molecule has 6 nitrogen and oxygen atoms in total. The van der Waals surface area contributed by atoms with Crippen molar-refractivity contribution >= 4 is 85.6 Å². The topological polar surface area (TPSA) is 95.5 Å². The maximum absolute atomic E-state index is 12.4. The van der Waals surface area contributed by atoms with Gasteiger partial charge in [-0.15, -0.1) is 0 Å². The lowest BCUT2D eigenvalue weighted by Crippen LogP contribution is -2.56. The Bertz CT molecular complexity index is 659. The second-order valence-electron chi connectivity index (χ2n) is 5.46. The van der Waals surface area contributed by atoms with Gasteiger partial charge in [0.15, 0.2) is 0 Å². The molecular weight excluding hydrogens is 653 g/mol. The molecule has 0 aromatic heterocycles. The average Bonchev–Trinajstić information content (AvgIpc) is 2.48. The molecule has 0 fully saturated rings. The van der Waals surface area contributed by atoms with Crippen LogP contribution >= 0.6 is 67.8 Å². The molecule has 2 atom stereocenters. The fourth-order valence-corrected chi connectivity index (χ4v) is 8.25. The van der Waals surface area contributed by atoms with E-state index >= 15 is 0 Å². The number of carbonyl (C=O) groups is 3. The molecule has 0 saturated carbocycles. The zero-order valence-electron chi connectivity index (χ0n) is 13.7. The molecule has 0 aromatic carbocycles. The Balaban J connectivity index is 3.89. The molecule has 24 heavy (non-hydrogen) atoms. The molecule has 1 aliphatic rings. The van der Waals surface area contributed by atoms with Crippen molar-refractivity contribution in [2.24, 2.45) is 5.41 Å². The van der Waals surface area contributed by atoms with Gasteiger partial charge in [-0.2, -0.15) is 0 Å². The fraction of sp³-hybridized carbons (Fsp3) is 0.533. The van der Waals surface area contributed by atoms with Gasteiger partial charge in [-0.1, -0.05) is 36.4 Å². The first kappa shape index (κ1) is 22.1. The van der Waals surface area contributed by atoms with E-state index in [1.807, 2.05) is 36.4 Å². The minimum absolute atomic E-state index is 0.275. The first-order valence-electron chi connectivity index (χ1n) is 7.27. The highest BCUT2D eigenvalue weighted by atomic mass is 127. The lowest BCUT2D eigenvalue weighted by atomic mass is 9.67. The maximum atomic E-state index is 12.4. The predicted octanol–water partition coefficient (Wildman–Crippen LogP) is 3.63. The summed E-state index contributed by atoms with van der Waals surface area (Å²) in [5.41, 5.74) is -0.253. The van der Waals surface area contributed by atoms with Gasteiger partial charge in [0.1, 0.15) is 5.41 Å². The van der Waals surface area contributed by atoms with Gasteiger partial charge in [0, 0.05) is 17.4 Å². The second kappa shape index (κ2) is 8.18. The first-order valence-corrected chi connectivity index (χ1v) is 10.5. The summed E-state index contributed by atoms with van der Waals surface area (Å²) in [6.07, 6.45) is 0.836. The van der Waals surface area contributed by atoms with E-state index in [0.29, 0.717) is 31.4 Å². The molecule has 0 saturated heterocycles. The Morgan fingerprint density at radius 2 is 1.54 bits per heavy atom. The van der Waals surface area contributed by atoms with E-state index in [2.05, 4.69) is 55.8 Å². The number of aliphatic carboxylic acids is 1. The Labute approximate surface area is 182 Å². The smallest absolute Gasteiger partial charge is 0.316 e. The van der Waals surface area contributed by atoms with Crippen LogP contribution < -0.4 is 10.6 Å². The second-order valence-corrected chi connectivity index (χ2v) is 9.46. The Morgan fingerprint density at radius 1 is 1.04 bits per heavy atom. The predicted molar refractivity (Wildman–Crippen MR) is 117 cm³/mol. The number of carboxylic acids is 1. The van der Waals surface area contributed by atoms with Crippen LogP contribution in [0.2, 0.25) is 0 Å². The lowest BCUT2D eigenvalue weighted by molar-refractivity contribution is -0.147. The Hall–Kier alpha value is 0.0800. The number of rotatable bonds is 5. The zero-order valence-corrected chi connectivity index (χ0v) is 20.2. The molecule has 0 spiro atoms. The molecule has 134 valence electrons. The quantitative estimate of drug-likeness (QED) is 0.308. The van der Waals surface area contributed by atoms with Crippen LogP contribution in [-0.2, 0) is 14.4 Å². The Morgan fingerprint density at radius 3 is 1.88 bits per heavy atom. The molecule has 9 heteroatoms. The van der Waals surface area contributed by atoms with Crippen molar-refractivity contribution in [2.75, 3.05) is 0 Å². The van der Waals surface area contributed by atoms with Gasteiger partial charge in [-0.05, 0) is 58.0 Å². The standard InChI is InChI=1S/C15H19I3N2O4/c1-5-14(13(23)24)11(17)10(19-7(3)21)9(16)12(20-8(4)22)15(14,18)6-2/h5-6H2,1-4H3,(H,19,21)(H,20,22)(H,23,24). The monoisotopic (exact) mass is 672 g/mol. The fourth-order valence-electron chi connectivity index (χ4n) is 2.94. The molecule has 2 unspecified atom stereocenters. The molecule has 0 aliphatic heterocycles. The van der Waals surface area contributed by atoms with Crippen molar-refractivity contribution in [3.8, 4) is 0 Å². The van der Waals surface area contributed by atoms with Crippen molar-refractivity contribution in [3.63, 3.8) is 0 Å². The third-order valence-electron chi connectivity index (χ3n) is 4.09. The molecule has 2 amide bonds. The third-order valence-corrected chi connectivity index (χ3v) is 8.85. The van der Waals surface area contributed by atoms with Crippen LogP contribution in [0, 0.1) is 5.41 Å². The number of hydrogen-bond donors (Lipinski definition) is 3. The molecule has 1 rings (SSSR count). The van der Waals surface area contributed by atoms with E-state index in [1.165, 1.54) is 13.8 Å². The average molecular weight is 672 g/mol. The minimum Gasteiger partial charge on any atom is -0.481 e. The number of amides is 2. The summed E-state index contributed by atoms with van der Waals surface area (Å²) in [5.74, 6) is -1.54. The van der Waals surface area contributed by atoms with Crippen LogP contribution in [0.4, 0.5) is 0 Å². The lowest BCUT2D eigenvalue weighted by Gasteiger charge is -2.48. The Kier molecular flexibility index (Phi) is 7.54. The van der Waals surface area contributed by atoms with Crippen LogP contribution in [0.3, 0.4) is 0 Å². The van der Waals surface area contributed by atoms with Crippen molar-refractivity contribution in [1.29, 1.82) is 0 Å². The number of halogens is 3. The van der Waals surface area contributed by atoms with Gasteiger partial charge < -0.3 is 15.7 Å². The van der Waals surface area contributed by atoms with E-state index in [4.69, 9.17) is 0 Å². The largest absolute Gasteiger partial charge is 0.481 e. The highest BCUT2D eigenvalue weighted by Crippen LogP contribution is 2.60. The van der Waals surface area contributed by atoms with Crippen molar-refractivity contribution < 1.29 is 19.5 Å². The first-order chi connectivity index (χ1) is 11.0. The van der Waals surface area contributed by atoms with Crippen LogP contribution in [0.5, 0.6) is 0 Å². The SMILES string of the molecule is CCC1(I)C(NC(C)=O)=C(I)C(NC(C)=O)=C(I)C1(CC)C(=O)O. The van der Waals surface area contributed by atoms with E-state index in [-0.39, 0.29) is 11.8 Å². The van der Waals surface area contributed by atoms with Crippen LogP contribution in [-0.4, -0.2) is 26.3 Å². The number of carboxylic acid groups (broad SMARTS) is 1. The molecule has 0 bridgehead atoms.